The Balaban J connectivity index is 1.46. The van der Waals surface area contributed by atoms with Gasteiger partial charge in [0.15, 0.2) is 0 Å². The highest BCUT2D eigenvalue weighted by Crippen LogP contribution is 2.37. The molecule has 2 rings (SSSR count). The van der Waals surface area contributed by atoms with Crippen molar-refractivity contribution in [1.82, 2.24) is 5.32 Å². The lowest BCUT2D eigenvalue weighted by Gasteiger charge is -2.36. The van der Waals surface area contributed by atoms with Crippen LogP contribution in [0.15, 0.2) is 28.7 Å². The fourth-order valence-corrected chi connectivity index (χ4v) is 2.94. The first-order valence-corrected chi connectivity index (χ1v) is 8.64. The van der Waals surface area contributed by atoms with Crippen molar-refractivity contribution in [2.75, 3.05) is 33.5 Å². The molecule has 3 nitrogen and oxygen atoms in total. The predicted molar refractivity (Wildman–Crippen MR) is 89.8 cm³/mol. The van der Waals surface area contributed by atoms with E-state index in [1.165, 1.54) is 24.8 Å². The Bertz CT molecular complexity index is 390. The zero-order valence-electron chi connectivity index (χ0n) is 12.8. The molecule has 0 aromatic heterocycles. The number of methoxy groups -OCH3 is 1. The summed E-state index contributed by atoms with van der Waals surface area (Å²) >= 11 is 3.49. The minimum absolute atomic E-state index is 0.692. The summed E-state index contributed by atoms with van der Waals surface area (Å²) in [6.07, 6.45) is 4.85. The number of rotatable bonds is 10. The second-order valence-corrected chi connectivity index (χ2v) is 6.60. The van der Waals surface area contributed by atoms with E-state index in [0.717, 1.165) is 30.0 Å². The number of hydrogen-bond donors (Lipinski definition) is 1. The van der Waals surface area contributed by atoms with Crippen molar-refractivity contribution in [2.24, 2.45) is 0 Å². The van der Waals surface area contributed by atoms with Gasteiger partial charge >= 0.3 is 0 Å². The molecule has 1 fully saturated rings. The smallest absolute Gasteiger partial charge is 0.0700 e. The van der Waals surface area contributed by atoms with Crippen LogP contribution in [0.1, 0.15) is 37.2 Å². The molecule has 21 heavy (non-hydrogen) atoms. The molecule has 0 saturated heterocycles. The van der Waals surface area contributed by atoms with Crippen molar-refractivity contribution < 1.29 is 9.47 Å². The summed E-state index contributed by atoms with van der Waals surface area (Å²) in [4.78, 5) is 0. The van der Waals surface area contributed by atoms with E-state index in [1.807, 2.05) is 0 Å². The fraction of sp³-hybridized carbons (Fsp3) is 0.647. The summed E-state index contributed by atoms with van der Waals surface area (Å²) in [6.45, 7) is 3.35. The Kier molecular flexibility index (Phi) is 7.72. The minimum Gasteiger partial charge on any atom is -0.382 e. The Morgan fingerprint density at radius 2 is 1.86 bits per heavy atom. The molecule has 1 saturated carbocycles. The summed E-state index contributed by atoms with van der Waals surface area (Å²) in [6, 6.07) is 9.46. The van der Waals surface area contributed by atoms with Gasteiger partial charge in [-0.15, -0.1) is 0 Å². The summed E-state index contributed by atoms with van der Waals surface area (Å²) in [7, 11) is 1.70. The number of benzene rings is 1. The molecule has 0 radical (unpaired) electrons. The summed E-state index contributed by atoms with van der Waals surface area (Å²) in [5, 5.41) is 3.64. The first-order valence-electron chi connectivity index (χ1n) is 7.85. The van der Waals surface area contributed by atoms with Gasteiger partial charge in [0.25, 0.3) is 0 Å². The molecule has 0 unspecified atom stereocenters. The third kappa shape index (κ3) is 6.07. The van der Waals surface area contributed by atoms with Gasteiger partial charge in [0, 0.05) is 24.2 Å². The second kappa shape index (κ2) is 9.57. The molecule has 1 aliphatic rings. The summed E-state index contributed by atoms with van der Waals surface area (Å²) in [5.41, 5.74) is 1.47. The van der Waals surface area contributed by atoms with Crippen LogP contribution in [0.25, 0.3) is 0 Å². The molecule has 0 atom stereocenters. The molecule has 1 N–H and O–H groups in total. The lowest BCUT2D eigenvalue weighted by Crippen LogP contribution is -2.40. The lowest BCUT2D eigenvalue weighted by molar-refractivity contribution is 0.0686. The van der Waals surface area contributed by atoms with Gasteiger partial charge < -0.3 is 14.8 Å². The first kappa shape index (κ1) is 16.9. The molecule has 0 bridgehead atoms. The van der Waals surface area contributed by atoms with Crippen molar-refractivity contribution in [3.8, 4) is 0 Å². The second-order valence-electron chi connectivity index (χ2n) is 5.68. The van der Waals surface area contributed by atoms with Crippen molar-refractivity contribution in [1.29, 1.82) is 0 Å². The van der Waals surface area contributed by atoms with Crippen molar-refractivity contribution >= 4 is 15.9 Å². The third-order valence-corrected chi connectivity index (χ3v) is 4.59. The third-order valence-electron chi connectivity index (χ3n) is 4.06. The molecule has 118 valence electrons. The summed E-state index contributed by atoms with van der Waals surface area (Å²) in [5.74, 6) is 0.743. The van der Waals surface area contributed by atoms with E-state index in [4.69, 9.17) is 9.47 Å². The zero-order valence-corrected chi connectivity index (χ0v) is 14.4. The maximum absolute atomic E-state index is 5.45. The normalized spacial score (nSPS) is 21.2. The summed E-state index contributed by atoms with van der Waals surface area (Å²) < 4.78 is 11.5. The van der Waals surface area contributed by atoms with Gasteiger partial charge in [-0.1, -0.05) is 28.1 Å². The largest absolute Gasteiger partial charge is 0.382 e. The minimum atomic E-state index is 0.692. The number of unbranched alkanes of at least 4 members (excludes halogenated alkanes) is 1. The number of hydrogen-bond acceptors (Lipinski definition) is 3. The number of halogens is 1. The molecular weight excluding hydrogens is 330 g/mol. The average molecular weight is 356 g/mol. The Labute approximate surface area is 136 Å². The van der Waals surface area contributed by atoms with E-state index in [1.54, 1.807) is 7.11 Å². The van der Waals surface area contributed by atoms with Crippen molar-refractivity contribution in [2.45, 2.75) is 37.6 Å². The van der Waals surface area contributed by atoms with Crippen LogP contribution in [0.3, 0.4) is 0 Å². The zero-order chi connectivity index (χ0) is 14.9. The highest BCUT2D eigenvalue weighted by Gasteiger charge is 2.29. The van der Waals surface area contributed by atoms with Crippen LogP contribution in [0.4, 0.5) is 0 Å². The van der Waals surface area contributed by atoms with E-state index >= 15 is 0 Å². The van der Waals surface area contributed by atoms with E-state index < -0.39 is 0 Å². The van der Waals surface area contributed by atoms with Gasteiger partial charge in [0.1, 0.15) is 0 Å². The van der Waals surface area contributed by atoms with E-state index in [0.29, 0.717) is 19.3 Å². The van der Waals surface area contributed by atoms with Gasteiger partial charge in [-0.3, -0.25) is 0 Å². The number of nitrogens with one attached hydrogen (secondary N) is 1. The van der Waals surface area contributed by atoms with Crippen molar-refractivity contribution in [3.63, 3.8) is 0 Å². The van der Waals surface area contributed by atoms with Gasteiger partial charge in [-0.25, -0.2) is 0 Å². The molecule has 1 aromatic carbocycles. The predicted octanol–water partition coefficient (Wildman–Crippen LogP) is 3.73. The molecule has 0 heterocycles. The maximum Gasteiger partial charge on any atom is 0.0700 e. The molecular formula is C17H26BrNO2. The van der Waals surface area contributed by atoms with Crippen LogP contribution in [0.2, 0.25) is 0 Å². The topological polar surface area (TPSA) is 30.5 Å². The van der Waals surface area contributed by atoms with Crippen LogP contribution in [0, 0.1) is 0 Å². The maximum atomic E-state index is 5.45. The SMILES string of the molecule is COCCOCCCCNC1CC(c2ccc(Br)cc2)C1. The Morgan fingerprint density at radius 1 is 1.10 bits per heavy atom. The van der Waals surface area contributed by atoms with E-state index in [2.05, 4.69) is 45.5 Å². The molecule has 4 heteroatoms. The standard InChI is InChI=1S/C17H26BrNO2/c1-20-10-11-21-9-3-2-8-19-17-12-15(13-17)14-4-6-16(18)7-5-14/h4-7,15,17,19H,2-3,8-13H2,1H3. The Morgan fingerprint density at radius 3 is 2.57 bits per heavy atom. The Hall–Kier alpha value is -0.420. The van der Waals surface area contributed by atoms with E-state index in [9.17, 15) is 0 Å². The van der Waals surface area contributed by atoms with Gasteiger partial charge in [-0.05, 0) is 55.8 Å². The highest BCUT2D eigenvalue weighted by atomic mass is 79.9. The fourth-order valence-electron chi connectivity index (χ4n) is 2.67. The molecule has 0 amide bonds. The molecule has 1 aromatic rings. The van der Waals surface area contributed by atoms with Crippen LogP contribution in [-0.4, -0.2) is 39.5 Å². The average Bonchev–Trinajstić information content (AvgIpc) is 2.45. The van der Waals surface area contributed by atoms with E-state index in [-0.39, 0.29) is 0 Å². The number of ether oxygens (including phenoxy) is 2. The van der Waals surface area contributed by atoms with Crippen LogP contribution >= 0.6 is 15.9 Å². The first-order chi connectivity index (χ1) is 10.3. The quantitative estimate of drug-likeness (QED) is 0.648. The van der Waals surface area contributed by atoms with Crippen LogP contribution in [0.5, 0.6) is 0 Å². The van der Waals surface area contributed by atoms with Crippen LogP contribution in [-0.2, 0) is 9.47 Å². The molecule has 1 aliphatic carbocycles. The van der Waals surface area contributed by atoms with Crippen molar-refractivity contribution in [3.05, 3.63) is 34.3 Å². The highest BCUT2D eigenvalue weighted by molar-refractivity contribution is 9.10. The molecule has 0 spiro atoms. The van der Waals surface area contributed by atoms with Crippen LogP contribution < -0.4 is 5.32 Å². The lowest BCUT2D eigenvalue weighted by atomic mass is 9.76. The van der Waals surface area contributed by atoms with Gasteiger partial charge in [0.05, 0.1) is 13.2 Å². The van der Waals surface area contributed by atoms with Gasteiger partial charge in [0.2, 0.25) is 0 Å². The molecule has 0 aliphatic heterocycles. The monoisotopic (exact) mass is 355 g/mol. The van der Waals surface area contributed by atoms with Gasteiger partial charge in [-0.2, -0.15) is 0 Å².